The fraction of sp³-hybridized carbons (Fsp3) is 0.333. The molecule has 4 rings (SSSR count). The lowest BCUT2D eigenvalue weighted by Crippen LogP contribution is -2.53. The van der Waals surface area contributed by atoms with Crippen LogP contribution in [0.3, 0.4) is 0 Å². The Morgan fingerprint density at radius 2 is 1.50 bits per heavy atom. The van der Waals surface area contributed by atoms with Crippen molar-refractivity contribution in [3.63, 3.8) is 0 Å². The predicted octanol–water partition coefficient (Wildman–Crippen LogP) is 6.62. The van der Waals surface area contributed by atoms with Gasteiger partial charge in [0.15, 0.2) is 0 Å². The fourth-order valence-electron chi connectivity index (χ4n) is 4.80. The van der Waals surface area contributed by atoms with Crippen LogP contribution in [0, 0.1) is 0 Å². The van der Waals surface area contributed by atoms with Crippen molar-refractivity contribution in [1.29, 1.82) is 0 Å². The zero-order chi connectivity index (χ0) is 25.3. The molecule has 1 saturated carbocycles. The van der Waals surface area contributed by atoms with Crippen LogP contribution in [0.5, 0.6) is 0 Å². The largest absolute Gasteiger partial charge is 0.352 e. The Labute approximate surface area is 223 Å². The highest BCUT2D eigenvalue weighted by molar-refractivity contribution is 6.35. The Kier molecular flexibility index (Phi) is 9.43. The molecule has 3 aromatic rings. The summed E-state index contributed by atoms with van der Waals surface area (Å²) >= 11 is 12.6. The Balaban J connectivity index is 1.67. The Bertz CT molecular complexity index is 1150. The third kappa shape index (κ3) is 7.35. The van der Waals surface area contributed by atoms with E-state index in [2.05, 4.69) is 5.32 Å². The molecule has 2 amide bonds. The molecule has 188 valence electrons. The van der Waals surface area contributed by atoms with Crippen molar-refractivity contribution in [2.24, 2.45) is 0 Å². The van der Waals surface area contributed by atoms with Gasteiger partial charge in [0.05, 0.1) is 6.42 Å². The average Bonchev–Trinajstić information content (AvgIpc) is 2.89. The number of carbonyl (C=O) groups excluding carboxylic acids is 2. The molecule has 6 heteroatoms. The smallest absolute Gasteiger partial charge is 0.243 e. The van der Waals surface area contributed by atoms with Gasteiger partial charge in [0.1, 0.15) is 6.04 Å². The standard InChI is InChI=1S/C30H32Cl2N2O2/c31-25-17-16-24(27(32)20-25)21-34(29(35)19-23-12-6-2-7-13-23)28(18-22-10-4-1-5-11-22)30(36)33-26-14-8-3-9-15-26/h1-2,4-7,10-13,16-17,20,26,28H,3,8-9,14-15,18-19,21H2,(H,33,36). The molecular formula is C30H32Cl2N2O2. The fourth-order valence-corrected chi connectivity index (χ4v) is 5.27. The first kappa shape index (κ1) is 26.2. The number of hydrogen-bond donors (Lipinski definition) is 1. The normalized spacial score (nSPS) is 14.7. The lowest BCUT2D eigenvalue weighted by molar-refractivity contribution is -0.141. The van der Waals surface area contributed by atoms with Gasteiger partial charge in [-0.05, 0) is 41.7 Å². The number of benzene rings is 3. The molecule has 0 saturated heterocycles. The average molecular weight is 524 g/mol. The van der Waals surface area contributed by atoms with E-state index in [4.69, 9.17) is 23.2 Å². The predicted molar refractivity (Wildman–Crippen MR) is 146 cm³/mol. The Morgan fingerprint density at radius 3 is 2.14 bits per heavy atom. The van der Waals surface area contributed by atoms with Crippen molar-refractivity contribution in [3.05, 3.63) is 106 Å². The van der Waals surface area contributed by atoms with Gasteiger partial charge < -0.3 is 10.2 Å². The minimum absolute atomic E-state index is 0.114. The van der Waals surface area contributed by atoms with Crippen LogP contribution in [0.2, 0.25) is 10.0 Å². The molecule has 36 heavy (non-hydrogen) atoms. The van der Waals surface area contributed by atoms with E-state index in [1.807, 2.05) is 66.7 Å². The molecule has 0 aromatic heterocycles. The van der Waals surface area contributed by atoms with E-state index in [9.17, 15) is 9.59 Å². The number of rotatable bonds is 9. The van der Waals surface area contributed by atoms with E-state index in [0.717, 1.165) is 42.4 Å². The summed E-state index contributed by atoms with van der Waals surface area (Å²) in [6.45, 7) is 0.220. The summed E-state index contributed by atoms with van der Waals surface area (Å²) in [5, 5.41) is 4.27. The van der Waals surface area contributed by atoms with Crippen molar-refractivity contribution in [1.82, 2.24) is 10.2 Å². The van der Waals surface area contributed by atoms with Crippen LogP contribution >= 0.6 is 23.2 Å². The van der Waals surface area contributed by atoms with Crippen molar-refractivity contribution >= 4 is 35.0 Å². The number of nitrogens with one attached hydrogen (secondary N) is 1. The van der Waals surface area contributed by atoms with Gasteiger partial charge in [-0.2, -0.15) is 0 Å². The van der Waals surface area contributed by atoms with Gasteiger partial charge >= 0.3 is 0 Å². The summed E-state index contributed by atoms with van der Waals surface area (Å²) in [6, 6.07) is 24.2. The molecule has 0 bridgehead atoms. The second-order valence-corrected chi connectivity index (χ2v) is 10.3. The van der Waals surface area contributed by atoms with E-state index in [0.29, 0.717) is 16.5 Å². The molecule has 0 radical (unpaired) electrons. The van der Waals surface area contributed by atoms with Gasteiger partial charge in [-0.25, -0.2) is 0 Å². The number of carbonyl (C=O) groups is 2. The number of halogens is 2. The quantitative estimate of drug-likeness (QED) is 0.343. The van der Waals surface area contributed by atoms with Crippen LogP contribution in [-0.4, -0.2) is 28.8 Å². The first-order chi connectivity index (χ1) is 17.5. The van der Waals surface area contributed by atoms with Gasteiger partial charge in [0.2, 0.25) is 11.8 Å². The molecule has 1 aliphatic carbocycles. The lowest BCUT2D eigenvalue weighted by atomic mass is 9.94. The monoisotopic (exact) mass is 522 g/mol. The highest BCUT2D eigenvalue weighted by Gasteiger charge is 2.32. The topological polar surface area (TPSA) is 49.4 Å². The zero-order valence-corrected chi connectivity index (χ0v) is 21.8. The summed E-state index contributed by atoms with van der Waals surface area (Å²) in [4.78, 5) is 29.3. The molecule has 1 aliphatic rings. The highest BCUT2D eigenvalue weighted by atomic mass is 35.5. The molecule has 0 spiro atoms. The summed E-state index contributed by atoms with van der Waals surface area (Å²) in [7, 11) is 0. The minimum atomic E-state index is -0.669. The van der Waals surface area contributed by atoms with Gasteiger partial charge in [0.25, 0.3) is 0 Å². The van der Waals surface area contributed by atoms with Gasteiger partial charge in [0, 0.05) is 29.1 Å². The Hall–Kier alpha value is -2.82. The first-order valence-corrected chi connectivity index (χ1v) is 13.4. The molecule has 1 unspecified atom stereocenters. The maximum absolute atomic E-state index is 13.8. The van der Waals surface area contributed by atoms with Crippen LogP contribution in [0.4, 0.5) is 0 Å². The summed E-state index contributed by atoms with van der Waals surface area (Å²) in [5.41, 5.74) is 2.66. The van der Waals surface area contributed by atoms with Crippen molar-refractivity contribution < 1.29 is 9.59 Å². The minimum Gasteiger partial charge on any atom is -0.352 e. The second kappa shape index (κ2) is 12.9. The number of nitrogens with zero attached hydrogens (tertiary/aromatic N) is 1. The van der Waals surface area contributed by atoms with Crippen molar-refractivity contribution in [3.8, 4) is 0 Å². The van der Waals surface area contributed by atoms with E-state index >= 15 is 0 Å². The highest BCUT2D eigenvalue weighted by Crippen LogP contribution is 2.25. The molecule has 1 atom stereocenters. The number of amides is 2. The van der Waals surface area contributed by atoms with Crippen LogP contribution in [0.15, 0.2) is 78.9 Å². The Morgan fingerprint density at radius 1 is 0.861 bits per heavy atom. The third-order valence-electron chi connectivity index (χ3n) is 6.78. The zero-order valence-electron chi connectivity index (χ0n) is 20.3. The third-order valence-corrected chi connectivity index (χ3v) is 7.36. The van der Waals surface area contributed by atoms with E-state index in [1.165, 1.54) is 6.42 Å². The SMILES string of the molecule is O=C(NC1CCCCC1)C(Cc1ccccc1)N(Cc1ccc(Cl)cc1Cl)C(=O)Cc1ccccc1. The summed E-state index contributed by atoms with van der Waals surface area (Å²) in [5.74, 6) is -0.232. The van der Waals surface area contributed by atoms with Gasteiger partial charge in [-0.3, -0.25) is 9.59 Å². The maximum atomic E-state index is 13.8. The van der Waals surface area contributed by atoms with E-state index in [-0.39, 0.29) is 30.8 Å². The lowest BCUT2D eigenvalue weighted by Gasteiger charge is -2.34. The van der Waals surface area contributed by atoms with Gasteiger partial charge in [-0.1, -0.05) is 109 Å². The van der Waals surface area contributed by atoms with Gasteiger partial charge in [-0.15, -0.1) is 0 Å². The maximum Gasteiger partial charge on any atom is 0.243 e. The molecule has 1 fully saturated rings. The van der Waals surface area contributed by atoms with Crippen LogP contribution < -0.4 is 5.32 Å². The molecule has 0 heterocycles. The summed E-state index contributed by atoms with van der Waals surface area (Å²) in [6.07, 6.45) is 6.02. The second-order valence-electron chi connectivity index (χ2n) is 9.47. The molecule has 3 aromatic carbocycles. The van der Waals surface area contributed by atoms with Crippen LogP contribution in [0.25, 0.3) is 0 Å². The van der Waals surface area contributed by atoms with Crippen LogP contribution in [-0.2, 0) is 29.0 Å². The van der Waals surface area contributed by atoms with Crippen molar-refractivity contribution in [2.75, 3.05) is 0 Å². The molecular weight excluding hydrogens is 491 g/mol. The molecule has 4 nitrogen and oxygen atoms in total. The first-order valence-electron chi connectivity index (χ1n) is 12.6. The van der Waals surface area contributed by atoms with Crippen LogP contribution in [0.1, 0.15) is 48.8 Å². The van der Waals surface area contributed by atoms with Crippen molar-refractivity contribution in [2.45, 2.75) is 63.6 Å². The number of hydrogen-bond acceptors (Lipinski definition) is 2. The molecule has 1 N–H and O–H groups in total. The summed E-state index contributed by atoms with van der Waals surface area (Å²) < 4.78 is 0. The van der Waals surface area contributed by atoms with E-state index in [1.54, 1.807) is 17.0 Å². The van der Waals surface area contributed by atoms with E-state index < -0.39 is 6.04 Å². The molecule has 0 aliphatic heterocycles.